The van der Waals surface area contributed by atoms with E-state index < -0.39 is 10.0 Å². The van der Waals surface area contributed by atoms with Gasteiger partial charge in [-0.3, -0.25) is 0 Å². The Morgan fingerprint density at radius 1 is 0.692 bits per heavy atom. The number of hydrogen-bond acceptors (Lipinski definition) is 6. The Bertz CT molecular complexity index is 2120. The number of nitrogens with zero attached hydrogens (tertiary/aromatic N) is 3. The van der Waals surface area contributed by atoms with Crippen molar-refractivity contribution < 1.29 is 8.42 Å². The zero-order chi connectivity index (χ0) is 36.0. The van der Waals surface area contributed by atoms with Crippen molar-refractivity contribution in [3.05, 3.63) is 139 Å². The molecule has 0 bridgehead atoms. The van der Waals surface area contributed by atoms with Crippen LogP contribution in [0.4, 0.5) is 22.7 Å². The molecular weight excluding hydrogens is 824 g/mol. The van der Waals surface area contributed by atoms with Crippen molar-refractivity contribution in [3.8, 4) is 0 Å². The average molecular weight is 865 g/mol. The molecule has 0 saturated heterocycles. The van der Waals surface area contributed by atoms with Crippen LogP contribution in [0.5, 0.6) is 0 Å². The first-order valence-electron chi connectivity index (χ1n) is 16.9. The molecule has 0 aliphatic carbocycles. The molecule has 1 aromatic heterocycles. The molecule has 2 aliphatic heterocycles. The predicted octanol–water partition coefficient (Wildman–Crippen LogP) is 10.1. The molecule has 13 heteroatoms. The van der Waals surface area contributed by atoms with Crippen LogP contribution in [0.3, 0.4) is 0 Å². The van der Waals surface area contributed by atoms with Crippen LogP contribution in [0, 0.1) is 0 Å². The maximum absolute atomic E-state index is 12.6. The summed E-state index contributed by atoms with van der Waals surface area (Å²) in [5, 5.41) is 1.70. The van der Waals surface area contributed by atoms with Crippen molar-refractivity contribution in [3.63, 3.8) is 0 Å². The van der Waals surface area contributed by atoms with Gasteiger partial charge in [0, 0.05) is 58.6 Å². The molecule has 0 fully saturated rings. The Hall–Kier alpha value is -2.86. The molecule has 52 heavy (non-hydrogen) atoms. The monoisotopic (exact) mass is 861 g/mol. The van der Waals surface area contributed by atoms with Gasteiger partial charge < -0.3 is 15.5 Å². The third-order valence-electron chi connectivity index (χ3n) is 9.09. The number of hydrogen-bond donors (Lipinski definition) is 2. The highest BCUT2D eigenvalue weighted by molar-refractivity contribution is 9.10. The summed E-state index contributed by atoms with van der Waals surface area (Å²) in [4.78, 5) is 8.57. The number of fused-ring (bicyclic) bond motifs is 4. The third-order valence-corrected chi connectivity index (χ3v) is 12.1. The molecule has 0 amide bonds. The molecule has 274 valence electrons. The van der Waals surface area contributed by atoms with E-state index in [1.54, 1.807) is 0 Å². The van der Waals surface area contributed by atoms with Gasteiger partial charge in [0.1, 0.15) is 10.0 Å². The van der Waals surface area contributed by atoms with Crippen molar-refractivity contribution in [2.45, 2.75) is 43.4 Å². The van der Waals surface area contributed by atoms with E-state index in [1.165, 1.54) is 45.9 Å². The smallest absolute Gasteiger partial charge is 0.242 e. The number of para-hydroxylation sites is 2. The summed E-state index contributed by atoms with van der Waals surface area (Å²) in [5.41, 5.74) is 15.7. The van der Waals surface area contributed by atoms with Gasteiger partial charge in [0.2, 0.25) is 10.0 Å². The number of nitrogens with two attached hydrogens (primary N) is 1. The first-order valence-corrected chi connectivity index (χ1v) is 20.3. The van der Waals surface area contributed by atoms with Gasteiger partial charge in [0.05, 0.1) is 4.47 Å². The molecule has 4 aromatic carbocycles. The lowest BCUT2D eigenvalue weighted by Crippen LogP contribution is -2.28. The van der Waals surface area contributed by atoms with E-state index in [9.17, 15) is 8.42 Å². The first kappa shape index (κ1) is 40.3. The molecule has 3 heterocycles. The summed E-state index contributed by atoms with van der Waals surface area (Å²) in [6.07, 6.45) is 6.85. The van der Waals surface area contributed by atoms with Crippen molar-refractivity contribution in [1.82, 2.24) is 9.71 Å². The number of anilines is 4. The third kappa shape index (κ3) is 9.62. The summed E-state index contributed by atoms with van der Waals surface area (Å²) < 4.78 is 28.3. The van der Waals surface area contributed by atoms with Gasteiger partial charge in [-0.25, -0.2) is 18.1 Å². The lowest BCUT2D eigenvalue weighted by atomic mass is 10.0. The van der Waals surface area contributed by atoms with Gasteiger partial charge in [-0.2, -0.15) is 0 Å². The maximum atomic E-state index is 12.6. The molecule has 7 rings (SSSR count). The number of nitrogens with one attached hydrogen (secondary N) is 1. The van der Waals surface area contributed by atoms with Crippen LogP contribution < -0.4 is 20.3 Å². The minimum Gasteiger partial charge on any atom is -0.341 e. The minimum absolute atomic E-state index is 0. The Kier molecular flexibility index (Phi) is 14.3. The molecule has 7 nitrogen and oxygen atoms in total. The van der Waals surface area contributed by atoms with Gasteiger partial charge in [0.25, 0.3) is 0 Å². The van der Waals surface area contributed by atoms with Crippen molar-refractivity contribution in [2.24, 2.45) is 5.73 Å². The van der Waals surface area contributed by atoms with E-state index in [0.717, 1.165) is 55.0 Å². The number of aromatic nitrogens is 1. The predicted molar refractivity (Wildman–Crippen MR) is 222 cm³/mol. The summed E-state index contributed by atoms with van der Waals surface area (Å²) in [6.45, 7) is 2.57. The summed E-state index contributed by atoms with van der Waals surface area (Å²) in [5.74, 6) is 0. The van der Waals surface area contributed by atoms with Crippen LogP contribution in [0.1, 0.15) is 35.1 Å². The van der Waals surface area contributed by atoms with Crippen LogP contribution in [0.15, 0.2) is 107 Å². The average Bonchev–Trinajstić information content (AvgIpc) is 3.38. The van der Waals surface area contributed by atoms with Crippen LogP contribution in [-0.4, -0.2) is 39.6 Å². The van der Waals surface area contributed by atoms with Crippen molar-refractivity contribution in [1.29, 1.82) is 0 Å². The van der Waals surface area contributed by atoms with Crippen LogP contribution in [0.2, 0.25) is 15.2 Å². The number of pyridine rings is 1. The Labute approximate surface area is 336 Å². The summed E-state index contributed by atoms with van der Waals surface area (Å²) in [6, 6.07) is 30.6. The number of aryl methyl sites for hydroxylation is 4. The number of halogens is 5. The molecule has 0 atom stereocenters. The fourth-order valence-corrected chi connectivity index (χ4v) is 8.56. The Morgan fingerprint density at radius 3 is 1.67 bits per heavy atom. The van der Waals surface area contributed by atoms with E-state index in [1.807, 2.05) is 30.3 Å². The molecule has 0 saturated carbocycles. The molecule has 2 aliphatic rings. The SMILES string of the molecule is Cl.NCCCN1c2ccccc2CCc2ccc(Cl)cc21.O=S(=O)(NCCCN1c2ccccc2CCc2ccc(Cl)cc21)c1cnc(Cl)c(Br)c1. The fraction of sp³-hybridized carbons (Fsp3) is 0.256. The number of sulfonamides is 1. The van der Waals surface area contributed by atoms with Gasteiger partial charge in [-0.1, -0.05) is 83.3 Å². The second-order valence-corrected chi connectivity index (χ2v) is 16.3. The van der Waals surface area contributed by atoms with E-state index in [0.29, 0.717) is 29.0 Å². The molecule has 0 radical (unpaired) electrons. The van der Waals surface area contributed by atoms with Crippen LogP contribution in [-0.2, 0) is 35.7 Å². The van der Waals surface area contributed by atoms with Crippen molar-refractivity contribution in [2.75, 3.05) is 36.0 Å². The largest absolute Gasteiger partial charge is 0.341 e. The number of rotatable bonds is 9. The Balaban J connectivity index is 0.000000215. The lowest BCUT2D eigenvalue weighted by molar-refractivity contribution is 0.579. The molecular formula is C39H40BrCl4N5O2S. The van der Waals surface area contributed by atoms with Crippen LogP contribution >= 0.6 is 63.1 Å². The zero-order valence-electron chi connectivity index (χ0n) is 28.4. The highest BCUT2D eigenvalue weighted by atomic mass is 79.9. The van der Waals surface area contributed by atoms with E-state index in [-0.39, 0.29) is 29.0 Å². The number of benzene rings is 4. The highest BCUT2D eigenvalue weighted by Crippen LogP contribution is 2.39. The molecule has 5 aromatic rings. The van der Waals surface area contributed by atoms with Crippen molar-refractivity contribution >= 4 is 95.9 Å². The van der Waals surface area contributed by atoms with Gasteiger partial charge >= 0.3 is 0 Å². The van der Waals surface area contributed by atoms with Crippen LogP contribution in [0.25, 0.3) is 0 Å². The minimum atomic E-state index is -3.68. The summed E-state index contributed by atoms with van der Waals surface area (Å²) >= 11 is 21.6. The molecule has 0 unspecified atom stereocenters. The van der Waals surface area contributed by atoms with E-state index in [4.69, 9.17) is 40.5 Å². The van der Waals surface area contributed by atoms with Gasteiger partial charge in [0.15, 0.2) is 0 Å². The quantitative estimate of drug-likeness (QED) is 0.113. The van der Waals surface area contributed by atoms with E-state index in [2.05, 4.69) is 90.0 Å². The fourth-order valence-electron chi connectivity index (χ4n) is 6.58. The lowest BCUT2D eigenvalue weighted by Gasteiger charge is -2.27. The second-order valence-electron chi connectivity index (χ2n) is 12.4. The Morgan fingerprint density at radius 2 is 1.17 bits per heavy atom. The standard InChI is InChI=1S/C22H20BrCl2N3O2S.C17H19ClN2.ClH/c23-19-13-18(14-26-22(19)25)31(29,30)27-10-3-11-28-20-5-2-1-4-15(20)6-7-16-8-9-17(24)12-21(16)28;18-15-9-8-14-7-6-13-4-1-2-5-16(13)20(11-3-10-19)17(14)12-15;/h1-2,4-5,8-9,12-14,27H,3,6-7,10-11H2;1-2,4-5,8-9,12H,3,6-7,10-11,19H2;1H. The van der Waals surface area contributed by atoms with Gasteiger partial charge in [-0.05, 0) is 126 Å². The van der Waals surface area contributed by atoms with Gasteiger partial charge in [-0.15, -0.1) is 12.4 Å². The topological polar surface area (TPSA) is 91.6 Å². The summed E-state index contributed by atoms with van der Waals surface area (Å²) in [7, 11) is -3.68. The zero-order valence-corrected chi connectivity index (χ0v) is 33.9. The first-order chi connectivity index (χ1) is 24.6. The second kappa shape index (κ2) is 18.5. The highest BCUT2D eigenvalue weighted by Gasteiger charge is 2.22. The molecule has 0 spiro atoms. The maximum Gasteiger partial charge on any atom is 0.242 e. The normalized spacial score (nSPS) is 13.2. The van der Waals surface area contributed by atoms with E-state index >= 15 is 0 Å². The molecule has 3 N–H and O–H groups in total.